The van der Waals surface area contributed by atoms with Crippen LogP contribution in [0.2, 0.25) is 0 Å². The SMILES string of the molecule is COc1ccc(C(F)(F)F)c(-c2cc(C(=O)O)[nH]n2)c1O. The van der Waals surface area contributed by atoms with Gasteiger partial charge in [-0.15, -0.1) is 0 Å². The maximum absolute atomic E-state index is 13.0. The highest BCUT2D eigenvalue weighted by atomic mass is 19.4. The number of nitrogens with zero attached hydrogens (tertiary/aromatic N) is 1. The van der Waals surface area contributed by atoms with Crippen molar-refractivity contribution in [2.24, 2.45) is 0 Å². The minimum absolute atomic E-state index is 0.183. The fourth-order valence-electron chi connectivity index (χ4n) is 1.79. The molecule has 0 aliphatic rings. The summed E-state index contributed by atoms with van der Waals surface area (Å²) in [6.45, 7) is 0. The van der Waals surface area contributed by atoms with E-state index in [1.54, 1.807) is 0 Å². The highest BCUT2D eigenvalue weighted by Gasteiger charge is 2.36. The van der Waals surface area contributed by atoms with Crippen molar-refractivity contribution in [2.45, 2.75) is 6.18 Å². The summed E-state index contributed by atoms with van der Waals surface area (Å²) in [7, 11) is 1.18. The summed E-state index contributed by atoms with van der Waals surface area (Å²) in [5.74, 6) is -2.33. The molecular weight excluding hydrogens is 293 g/mol. The highest BCUT2D eigenvalue weighted by molar-refractivity contribution is 5.88. The number of carboxylic acid groups (broad SMARTS) is 1. The first-order valence-corrected chi connectivity index (χ1v) is 5.52. The van der Waals surface area contributed by atoms with E-state index >= 15 is 0 Å². The first-order valence-electron chi connectivity index (χ1n) is 5.52. The van der Waals surface area contributed by atoms with E-state index in [9.17, 15) is 23.1 Å². The average molecular weight is 302 g/mol. The van der Waals surface area contributed by atoms with Crippen LogP contribution < -0.4 is 4.74 Å². The second kappa shape index (κ2) is 5.00. The van der Waals surface area contributed by atoms with Gasteiger partial charge in [0.1, 0.15) is 5.69 Å². The van der Waals surface area contributed by atoms with Crippen LogP contribution in [0, 0.1) is 0 Å². The maximum Gasteiger partial charge on any atom is 0.417 e. The van der Waals surface area contributed by atoms with E-state index in [1.165, 1.54) is 7.11 Å². The first kappa shape index (κ1) is 14.7. The van der Waals surface area contributed by atoms with Crippen LogP contribution in [-0.2, 0) is 6.18 Å². The lowest BCUT2D eigenvalue weighted by atomic mass is 10.0. The molecular formula is C12H9F3N2O4. The third-order valence-corrected chi connectivity index (χ3v) is 2.73. The Morgan fingerprint density at radius 3 is 2.52 bits per heavy atom. The molecule has 6 nitrogen and oxygen atoms in total. The molecule has 2 aromatic rings. The molecule has 1 heterocycles. The predicted octanol–water partition coefficient (Wildman–Crippen LogP) is 2.51. The minimum Gasteiger partial charge on any atom is -0.504 e. The summed E-state index contributed by atoms with van der Waals surface area (Å²) in [5.41, 5.74) is -2.55. The number of carbonyl (C=O) groups is 1. The Kier molecular flexibility index (Phi) is 3.50. The van der Waals surface area contributed by atoms with Gasteiger partial charge in [0.05, 0.1) is 23.9 Å². The molecule has 2 rings (SSSR count). The number of aromatic carboxylic acids is 1. The molecule has 0 saturated heterocycles. The Morgan fingerprint density at radius 1 is 1.38 bits per heavy atom. The number of benzene rings is 1. The van der Waals surface area contributed by atoms with Crippen LogP contribution in [0.5, 0.6) is 11.5 Å². The molecule has 0 unspecified atom stereocenters. The standard InChI is InChI=1S/C12H9F3N2O4/c1-21-8-3-2-5(12(13,14)15)9(10(8)18)6-4-7(11(19)20)17-16-6/h2-4,18H,1H3,(H,16,17)(H,19,20). The third-order valence-electron chi connectivity index (χ3n) is 2.73. The number of methoxy groups -OCH3 is 1. The van der Waals surface area contributed by atoms with Gasteiger partial charge >= 0.3 is 12.1 Å². The van der Waals surface area contributed by atoms with Crippen LogP contribution in [0.4, 0.5) is 13.2 Å². The van der Waals surface area contributed by atoms with Crippen LogP contribution in [-0.4, -0.2) is 33.5 Å². The first-order chi connectivity index (χ1) is 9.75. The second-order valence-electron chi connectivity index (χ2n) is 4.01. The van der Waals surface area contributed by atoms with Crippen molar-refractivity contribution in [3.05, 3.63) is 29.5 Å². The van der Waals surface area contributed by atoms with Crippen molar-refractivity contribution < 1.29 is 32.9 Å². The van der Waals surface area contributed by atoms with Gasteiger partial charge in [-0.25, -0.2) is 4.79 Å². The number of H-pyrrole nitrogens is 1. The Labute approximate surface area is 115 Å². The van der Waals surface area contributed by atoms with Crippen LogP contribution in [0.25, 0.3) is 11.3 Å². The average Bonchev–Trinajstić information content (AvgIpc) is 2.86. The van der Waals surface area contributed by atoms with E-state index in [4.69, 9.17) is 9.84 Å². The van der Waals surface area contributed by atoms with E-state index in [1.807, 2.05) is 0 Å². The zero-order valence-electron chi connectivity index (χ0n) is 10.5. The molecule has 0 aliphatic heterocycles. The molecule has 0 fully saturated rings. The monoisotopic (exact) mass is 302 g/mol. The highest BCUT2D eigenvalue weighted by Crippen LogP contribution is 2.45. The number of nitrogens with one attached hydrogen (secondary N) is 1. The lowest BCUT2D eigenvalue weighted by Gasteiger charge is -2.14. The van der Waals surface area contributed by atoms with Gasteiger partial charge in [0, 0.05) is 0 Å². The molecule has 0 bridgehead atoms. The number of hydrogen-bond acceptors (Lipinski definition) is 4. The number of aromatic nitrogens is 2. The topological polar surface area (TPSA) is 95.4 Å². The number of phenolic OH excluding ortho intramolecular Hbond substituents is 1. The summed E-state index contributed by atoms with van der Waals surface area (Å²) in [6.07, 6.45) is -4.75. The summed E-state index contributed by atoms with van der Waals surface area (Å²) < 4.78 is 43.8. The van der Waals surface area contributed by atoms with Gasteiger partial charge in [0.2, 0.25) is 0 Å². The molecule has 0 amide bonds. The predicted molar refractivity (Wildman–Crippen MR) is 64.2 cm³/mol. The number of halogens is 3. The van der Waals surface area contributed by atoms with Gasteiger partial charge in [-0.1, -0.05) is 0 Å². The number of aromatic hydroxyl groups is 1. The lowest BCUT2D eigenvalue weighted by molar-refractivity contribution is -0.137. The number of carboxylic acids is 1. The fraction of sp³-hybridized carbons (Fsp3) is 0.167. The largest absolute Gasteiger partial charge is 0.504 e. The van der Waals surface area contributed by atoms with Crippen LogP contribution in [0.15, 0.2) is 18.2 Å². The molecule has 112 valence electrons. The van der Waals surface area contributed by atoms with Gasteiger partial charge in [0.15, 0.2) is 11.5 Å². The molecule has 0 saturated carbocycles. The van der Waals surface area contributed by atoms with E-state index in [0.29, 0.717) is 0 Å². The molecule has 0 aliphatic carbocycles. The van der Waals surface area contributed by atoms with Crippen molar-refractivity contribution in [1.82, 2.24) is 10.2 Å². The number of rotatable bonds is 3. The molecule has 0 spiro atoms. The number of phenols is 1. The van der Waals surface area contributed by atoms with Gasteiger partial charge < -0.3 is 14.9 Å². The number of aromatic amines is 1. The van der Waals surface area contributed by atoms with E-state index in [0.717, 1.165) is 18.2 Å². The Hall–Kier alpha value is -2.71. The smallest absolute Gasteiger partial charge is 0.417 e. The third kappa shape index (κ3) is 2.62. The summed E-state index contributed by atoms with van der Waals surface area (Å²) >= 11 is 0. The minimum atomic E-state index is -4.75. The van der Waals surface area contributed by atoms with Crippen molar-refractivity contribution >= 4 is 5.97 Å². The molecule has 21 heavy (non-hydrogen) atoms. The zero-order valence-corrected chi connectivity index (χ0v) is 10.5. The summed E-state index contributed by atoms with van der Waals surface area (Å²) in [4.78, 5) is 10.8. The fourth-order valence-corrected chi connectivity index (χ4v) is 1.79. The summed E-state index contributed by atoms with van der Waals surface area (Å²) in [5, 5.41) is 24.2. The van der Waals surface area contributed by atoms with Gasteiger partial charge in [0.25, 0.3) is 0 Å². The zero-order chi connectivity index (χ0) is 15.8. The van der Waals surface area contributed by atoms with Crippen molar-refractivity contribution in [1.29, 1.82) is 0 Å². The number of ether oxygens (including phenoxy) is 1. The van der Waals surface area contributed by atoms with E-state index in [2.05, 4.69) is 10.2 Å². The number of hydrogen-bond donors (Lipinski definition) is 3. The van der Waals surface area contributed by atoms with Crippen LogP contribution in [0.3, 0.4) is 0 Å². The van der Waals surface area contributed by atoms with Crippen LogP contribution in [0.1, 0.15) is 16.1 Å². The Bertz CT molecular complexity index is 694. The molecule has 1 aromatic heterocycles. The molecule has 0 atom stereocenters. The normalized spacial score (nSPS) is 11.4. The molecule has 0 radical (unpaired) electrons. The van der Waals surface area contributed by atoms with Crippen molar-refractivity contribution in [3.8, 4) is 22.8 Å². The van der Waals surface area contributed by atoms with Gasteiger partial charge in [-0.05, 0) is 18.2 Å². The Balaban J connectivity index is 2.71. The van der Waals surface area contributed by atoms with E-state index < -0.39 is 34.7 Å². The number of alkyl halides is 3. The quantitative estimate of drug-likeness (QED) is 0.809. The summed E-state index contributed by atoms with van der Waals surface area (Å²) in [6, 6.07) is 2.58. The second-order valence-corrected chi connectivity index (χ2v) is 4.01. The van der Waals surface area contributed by atoms with Gasteiger partial charge in [-0.3, -0.25) is 5.10 Å². The maximum atomic E-state index is 13.0. The molecule has 9 heteroatoms. The lowest BCUT2D eigenvalue weighted by Crippen LogP contribution is -2.08. The van der Waals surface area contributed by atoms with Crippen molar-refractivity contribution in [2.75, 3.05) is 7.11 Å². The molecule has 3 N–H and O–H groups in total. The van der Waals surface area contributed by atoms with Crippen molar-refractivity contribution in [3.63, 3.8) is 0 Å². The van der Waals surface area contributed by atoms with Crippen LogP contribution >= 0.6 is 0 Å². The Morgan fingerprint density at radius 2 is 2.05 bits per heavy atom. The van der Waals surface area contributed by atoms with Gasteiger partial charge in [-0.2, -0.15) is 18.3 Å². The van der Waals surface area contributed by atoms with E-state index in [-0.39, 0.29) is 11.4 Å². The molecule has 1 aromatic carbocycles.